The van der Waals surface area contributed by atoms with Crippen molar-refractivity contribution in [1.82, 2.24) is 24.9 Å². The summed E-state index contributed by atoms with van der Waals surface area (Å²) in [5.74, 6) is 1.06. The lowest BCUT2D eigenvalue weighted by atomic mass is 10.3. The van der Waals surface area contributed by atoms with Crippen molar-refractivity contribution >= 4 is 10.0 Å². The van der Waals surface area contributed by atoms with Crippen LogP contribution in [0.4, 0.5) is 0 Å². The summed E-state index contributed by atoms with van der Waals surface area (Å²) in [5.41, 5.74) is 0. The van der Waals surface area contributed by atoms with Crippen molar-refractivity contribution in [3.8, 4) is 11.5 Å². The van der Waals surface area contributed by atoms with Crippen molar-refractivity contribution < 1.29 is 17.9 Å². The summed E-state index contributed by atoms with van der Waals surface area (Å²) in [6.07, 6.45) is 0. The zero-order valence-corrected chi connectivity index (χ0v) is 12.6. The minimum absolute atomic E-state index is 0.0511. The molecule has 10 heteroatoms. The molecule has 0 fully saturated rings. The largest absolute Gasteiger partial charge is 0.493 e. The summed E-state index contributed by atoms with van der Waals surface area (Å²) < 4.78 is 36.9. The lowest BCUT2D eigenvalue weighted by molar-refractivity contribution is 0.354. The fourth-order valence-electron chi connectivity index (χ4n) is 1.62. The van der Waals surface area contributed by atoms with Gasteiger partial charge >= 0.3 is 0 Å². The van der Waals surface area contributed by atoms with Gasteiger partial charge in [0.15, 0.2) is 17.3 Å². The molecule has 2 aromatic rings. The van der Waals surface area contributed by atoms with E-state index < -0.39 is 10.0 Å². The first-order valence-corrected chi connectivity index (χ1v) is 7.39. The second-order valence-electron chi connectivity index (χ2n) is 4.04. The van der Waals surface area contributed by atoms with Gasteiger partial charge in [0.25, 0.3) is 0 Å². The van der Waals surface area contributed by atoms with Crippen LogP contribution in [-0.4, -0.2) is 42.8 Å². The van der Waals surface area contributed by atoms with Gasteiger partial charge in [-0.2, -0.15) is 4.80 Å². The predicted octanol–water partition coefficient (Wildman–Crippen LogP) is -0.294. The van der Waals surface area contributed by atoms with Crippen molar-refractivity contribution in [2.45, 2.75) is 11.4 Å². The van der Waals surface area contributed by atoms with Crippen LogP contribution in [0.5, 0.6) is 11.5 Å². The number of aromatic nitrogens is 4. The molecule has 0 aliphatic rings. The number of sulfonamides is 1. The molecular weight excluding hydrogens is 298 g/mol. The lowest BCUT2D eigenvalue weighted by Gasteiger charge is -2.10. The molecule has 1 aromatic heterocycles. The van der Waals surface area contributed by atoms with Crippen molar-refractivity contribution in [3.05, 3.63) is 24.0 Å². The van der Waals surface area contributed by atoms with E-state index in [0.717, 1.165) is 0 Å². The Morgan fingerprint density at radius 2 is 1.95 bits per heavy atom. The third-order valence-electron chi connectivity index (χ3n) is 2.64. The van der Waals surface area contributed by atoms with Gasteiger partial charge in [-0.15, -0.1) is 10.2 Å². The van der Waals surface area contributed by atoms with Crippen LogP contribution in [0.15, 0.2) is 23.1 Å². The quantitative estimate of drug-likeness (QED) is 0.780. The maximum absolute atomic E-state index is 12.2. The van der Waals surface area contributed by atoms with Crippen LogP contribution in [0.25, 0.3) is 0 Å². The molecule has 0 spiro atoms. The minimum atomic E-state index is -3.71. The number of tetrazole rings is 1. The van der Waals surface area contributed by atoms with Crippen molar-refractivity contribution in [1.29, 1.82) is 0 Å². The fourth-order valence-corrected chi connectivity index (χ4v) is 2.62. The van der Waals surface area contributed by atoms with E-state index in [-0.39, 0.29) is 17.3 Å². The van der Waals surface area contributed by atoms with E-state index in [9.17, 15) is 8.42 Å². The van der Waals surface area contributed by atoms with Gasteiger partial charge in [-0.05, 0) is 17.3 Å². The van der Waals surface area contributed by atoms with E-state index in [2.05, 4.69) is 20.1 Å². The highest BCUT2D eigenvalue weighted by atomic mass is 32.2. The Balaban J connectivity index is 2.19. The Labute approximate surface area is 121 Å². The highest BCUT2D eigenvalue weighted by molar-refractivity contribution is 7.89. The summed E-state index contributed by atoms with van der Waals surface area (Å²) >= 11 is 0. The Bertz CT molecular complexity index is 728. The highest BCUT2D eigenvalue weighted by Crippen LogP contribution is 2.29. The normalized spacial score (nSPS) is 11.4. The Kier molecular flexibility index (Phi) is 4.38. The molecule has 1 heterocycles. The first kappa shape index (κ1) is 15.2. The van der Waals surface area contributed by atoms with Crippen LogP contribution in [-0.2, 0) is 23.6 Å². The molecule has 0 radical (unpaired) electrons. The molecule has 0 aliphatic heterocycles. The number of benzene rings is 1. The van der Waals surface area contributed by atoms with Crippen LogP contribution >= 0.6 is 0 Å². The predicted molar refractivity (Wildman–Crippen MR) is 72.4 cm³/mol. The number of hydrogen-bond donors (Lipinski definition) is 1. The number of nitrogens with one attached hydrogen (secondary N) is 1. The molecule has 2 rings (SSSR count). The van der Waals surface area contributed by atoms with E-state index in [0.29, 0.717) is 11.5 Å². The Morgan fingerprint density at radius 3 is 2.52 bits per heavy atom. The zero-order chi connectivity index (χ0) is 15.5. The molecule has 0 amide bonds. The van der Waals surface area contributed by atoms with Gasteiger partial charge in [-0.1, -0.05) is 0 Å². The minimum Gasteiger partial charge on any atom is -0.493 e. The average molecular weight is 313 g/mol. The van der Waals surface area contributed by atoms with Crippen molar-refractivity contribution in [3.63, 3.8) is 0 Å². The summed E-state index contributed by atoms with van der Waals surface area (Å²) in [6, 6.07) is 4.33. The Morgan fingerprint density at radius 1 is 1.24 bits per heavy atom. The molecule has 114 valence electrons. The van der Waals surface area contributed by atoms with E-state index >= 15 is 0 Å². The summed E-state index contributed by atoms with van der Waals surface area (Å²) in [7, 11) is 0.799. The molecule has 1 aromatic carbocycles. The maximum atomic E-state index is 12.2. The zero-order valence-electron chi connectivity index (χ0n) is 11.8. The van der Waals surface area contributed by atoms with Crippen molar-refractivity contribution in [2.75, 3.05) is 14.2 Å². The van der Waals surface area contributed by atoms with Crippen LogP contribution in [0.3, 0.4) is 0 Å². The Hall–Kier alpha value is -2.20. The third-order valence-corrected chi connectivity index (χ3v) is 4.03. The van der Waals surface area contributed by atoms with Gasteiger partial charge in [-0.25, -0.2) is 13.1 Å². The molecule has 0 bridgehead atoms. The van der Waals surface area contributed by atoms with Crippen LogP contribution in [0.2, 0.25) is 0 Å². The molecule has 1 N–H and O–H groups in total. The van der Waals surface area contributed by atoms with E-state index in [1.54, 1.807) is 7.05 Å². The molecule has 0 atom stereocenters. The van der Waals surface area contributed by atoms with Crippen LogP contribution in [0, 0.1) is 0 Å². The molecule has 21 heavy (non-hydrogen) atoms. The summed E-state index contributed by atoms with van der Waals surface area (Å²) in [4.78, 5) is 1.31. The van der Waals surface area contributed by atoms with Gasteiger partial charge < -0.3 is 9.47 Å². The number of ether oxygens (including phenoxy) is 2. The first-order chi connectivity index (χ1) is 9.96. The van der Waals surface area contributed by atoms with Crippen molar-refractivity contribution in [2.24, 2.45) is 7.05 Å². The fraction of sp³-hybridized carbons (Fsp3) is 0.364. The molecule has 9 nitrogen and oxygen atoms in total. The van der Waals surface area contributed by atoms with Gasteiger partial charge in [0.2, 0.25) is 10.0 Å². The number of aryl methyl sites for hydroxylation is 1. The highest BCUT2D eigenvalue weighted by Gasteiger charge is 2.17. The SMILES string of the molecule is COc1ccc(S(=O)(=O)NCc2nnn(C)n2)cc1OC. The number of nitrogens with zero attached hydrogens (tertiary/aromatic N) is 4. The third kappa shape index (κ3) is 3.47. The number of methoxy groups -OCH3 is 2. The first-order valence-electron chi connectivity index (χ1n) is 5.91. The lowest BCUT2D eigenvalue weighted by Crippen LogP contribution is -2.24. The average Bonchev–Trinajstić information content (AvgIpc) is 2.90. The monoisotopic (exact) mass is 313 g/mol. The van der Waals surface area contributed by atoms with Gasteiger partial charge in [0.05, 0.1) is 32.7 Å². The van der Waals surface area contributed by atoms with Crippen LogP contribution in [0.1, 0.15) is 5.82 Å². The van der Waals surface area contributed by atoms with E-state index in [1.165, 1.54) is 37.2 Å². The standard InChI is InChI=1S/C11H15N5O4S/c1-16-14-11(13-15-16)7-12-21(17,18)8-4-5-9(19-2)10(6-8)20-3/h4-6,12H,7H2,1-3H3. The van der Waals surface area contributed by atoms with Gasteiger partial charge in [0.1, 0.15) is 0 Å². The molecular formula is C11H15N5O4S. The second-order valence-corrected chi connectivity index (χ2v) is 5.80. The molecule has 0 saturated heterocycles. The van der Waals surface area contributed by atoms with Gasteiger partial charge in [-0.3, -0.25) is 0 Å². The van der Waals surface area contributed by atoms with Crippen LogP contribution < -0.4 is 14.2 Å². The second kappa shape index (κ2) is 6.06. The topological polar surface area (TPSA) is 108 Å². The number of hydrogen-bond acceptors (Lipinski definition) is 7. The molecule has 0 unspecified atom stereocenters. The van der Waals surface area contributed by atoms with E-state index in [4.69, 9.17) is 9.47 Å². The summed E-state index contributed by atoms with van der Waals surface area (Å²) in [6.45, 7) is -0.0511. The van der Waals surface area contributed by atoms with Gasteiger partial charge in [0, 0.05) is 6.07 Å². The molecule has 0 saturated carbocycles. The summed E-state index contributed by atoms with van der Waals surface area (Å²) in [5, 5.41) is 11.2. The smallest absolute Gasteiger partial charge is 0.241 e. The number of rotatable bonds is 6. The maximum Gasteiger partial charge on any atom is 0.241 e. The molecule has 0 aliphatic carbocycles. The van der Waals surface area contributed by atoms with E-state index in [1.807, 2.05) is 0 Å².